The molecule has 0 atom stereocenters. The van der Waals surface area contributed by atoms with E-state index in [1.54, 1.807) is 12.1 Å². The van der Waals surface area contributed by atoms with Crippen LogP contribution >= 0.6 is 69.6 Å². The Balaban J connectivity index is 2.36. The fraction of sp³-hybridized carbons (Fsp3) is 0.333. The second kappa shape index (κ2) is 8.63. The molecule has 11 heteroatoms. The number of rotatable bonds is 4. The van der Waals surface area contributed by atoms with Gasteiger partial charge in [0.1, 0.15) is 0 Å². The van der Waals surface area contributed by atoms with Crippen LogP contribution in [0.1, 0.15) is 23.6 Å². The highest BCUT2D eigenvalue weighted by Gasteiger charge is 2.34. The van der Waals surface area contributed by atoms with Crippen molar-refractivity contribution in [3.63, 3.8) is 0 Å². The van der Waals surface area contributed by atoms with Gasteiger partial charge in [-0.2, -0.15) is 0 Å². The van der Waals surface area contributed by atoms with Crippen molar-refractivity contribution in [2.75, 3.05) is 7.11 Å². The highest BCUT2D eigenvalue weighted by Crippen LogP contribution is 2.40. The van der Waals surface area contributed by atoms with E-state index in [4.69, 9.17) is 69.6 Å². The van der Waals surface area contributed by atoms with Gasteiger partial charge >= 0.3 is 5.97 Å². The minimum absolute atomic E-state index is 0.163. The van der Waals surface area contributed by atoms with E-state index in [-0.39, 0.29) is 29.9 Å². The van der Waals surface area contributed by atoms with Crippen molar-refractivity contribution >= 4 is 75.6 Å². The number of carbonyl (C=O) groups excluding carboxylic acids is 1. The molecule has 0 unspecified atom stereocenters. The molecule has 2 aromatic rings. The lowest BCUT2D eigenvalue weighted by molar-refractivity contribution is -0.140. The van der Waals surface area contributed by atoms with E-state index in [0.29, 0.717) is 12.0 Å². The van der Waals surface area contributed by atoms with Crippen molar-refractivity contribution in [2.45, 2.75) is 20.4 Å². The number of methoxy groups -OCH3 is 1. The number of aromatic nitrogens is 3. The van der Waals surface area contributed by atoms with Crippen molar-refractivity contribution in [1.29, 1.82) is 0 Å². The average molecular weight is 478 g/mol. The van der Waals surface area contributed by atoms with Gasteiger partial charge in [-0.1, -0.05) is 93.9 Å². The summed E-state index contributed by atoms with van der Waals surface area (Å²) in [7, 11) is 1.34. The minimum atomic E-state index is -1.91. The molecule has 0 aliphatic carbocycles. The Kier molecular flexibility index (Phi) is 7.22. The predicted molar refractivity (Wildman–Crippen MR) is 104 cm³/mol. The highest BCUT2D eigenvalue weighted by atomic mass is 35.6. The van der Waals surface area contributed by atoms with Crippen molar-refractivity contribution in [3.8, 4) is 11.4 Å². The summed E-state index contributed by atoms with van der Waals surface area (Å²) >= 11 is 35.1. The Bertz CT molecular complexity index is 755. The molecule has 0 aliphatic rings. The van der Waals surface area contributed by atoms with Gasteiger partial charge < -0.3 is 4.74 Å². The molecule has 0 N–H and O–H groups in total. The zero-order chi connectivity index (χ0) is 19.5. The number of aryl methyl sites for hydroxylation is 1. The van der Waals surface area contributed by atoms with E-state index in [9.17, 15) is 4.79 Å². The Labute approximate surface area is 179 Å². The van der Waals surface area contributed by atoms with E-state index < -0.39 is 7.59 Å². The van der Waals surface area contributed by atoms with Crippen LogP contribution in [-0.2, 0) is 23.5 Å². The Hall–Kier alpha value is -0.560. The maximum absolute atomic E-state index is 11.2. The molecule has 0 radical (unpaired) electrons. The molecule has 0 saturated carbocycles. The Morgan fingerprint density at radius 2 is 1.42 bits per heavy atom. The van der Waals surface area contributed by atoms with Gasteiger partial charge in [-0.15, -0.1) is 0 Å². The number of esters is 1. The number of halogens is 6. The van der Waals surface area contributed by atoms with E-state index in [1.807, 2.05) is 12.1 Å². The van der Waals surface area contributed by atoms with E-state index >= 15 is 0 Å². The van der Waals surface area contributed by atoms with E-state index in [0.717, 1.165) is 5.56 Å². The molecule has 2 rings (SSSR count). The van der Waals surface area contributed by atoms with Crippen molar-refractivity contribution in [2.24, 2.45) is 0 Å². The minimum Gasteiger partial charge on any atom is -0.469 e. The fourth-order valence-electron chi connectivity index (χ4n) is 1.93. The summed E-state index contributed by atoms with van der Waals surface area (Å²) < 4.78 is 0.786. The third-order valence-electron chi connectivity index (χ3n) is 3.20. The molecule has 0 fully saturated rings. The number of hydrogen-bond donors (Lipinski definition) is 0. The summed E-state index contributed by atoms with van der Waals surface area (Å²) in [5.74, 6) is -0.430. The second-order valence-corrected chi connectivity index (χ2v) is 9.64. The molecule has 0 aliphatic heterocycles. The van der Waals surface area contributed by atoms with Crippen LogP contribution in [0.15, 0.2) is 24.3 Å². The van der Waals surface area contributed by atoms with Gasteiger partial charge in [0, 0.05) is 12.0 Å². The molecule has 0 spiro atoms. The van der Waals surface area contributed by atoms with Gasteiger partial charge in [0.25, 0.3) is 0 Å². The van der Waals surface area contributed by atoms with E-state index in [2.05, 4.69) is 19.7 Å². The van der Waals surface area contributed by atoms with Gasteiger partial charge in [-0.25, -0.2) is 15.0 Å². The molecule has 26 heavy (non-hydrogen) atoms. The molecule has 0 bridgehead atoms. The van der Waals surface area contributed by atoms with Crippen LogP contribution in [-0.4, -0.2) is 28.0 Å². The van der Waals surface area contributed by atoms with Crippen LogP contribution in [0, 0.1) is 0 Å². The van der Waals surface area contributed by atoms with Crippen LogP contribution in [0.3, 0.4) is 0 Å². The van der Waals surface area contributed by atoms with Crippen molar-refractivity contribution in [3.05, 3.63) is 41.5 Å². The number of hydrogen-bond acceptors (Lipinski definition) is 5. The summed E-state index contributed by atoms with van der Waals surface area (Å²) in [6, 6.07) is 7.11. The molecular weight excluding hydrogens is 467 g/mol. The largest absolute Gasteiger partial charge is 0.469 e. The topological polar surface area (TPSA) is 65.0 Å². The Morgan fingerprint density at radius 1 is 0.923 bits per heavy atom. The van der Waals surface area contributed by atoms with Gasteiger partial charge in [0.05, 0.1) is 7.11 Å². The normalized spacial score (nSPS) is 12.1. The van der Waals surface area contributed by atoms with Gasteiger partial charge in [0.15, 0.2) is 17.5 Å². The summed E-state index contributed by atoms with van der Waals surface area (Å²) in [4.78, 5) is 23.4. The quantitative estimate of drug-likeness (QED) is 0.441. The summed E-state index contributed by atoms with van der Waals surface area (Å²) in [5, 5.41) is 0. The summed E-state index contributed by atoms with van der Waals surface area (Å²) in [6.07, 6.45) is 0.805. The highest BCUT2D eigenvalue weighted by molar-refractivity contribution is 6.67. The smallest absolute Gasteiger partial charge is 0.305 e. The first kappa shape index (κ1) is 21.7. The molecule has 1 aromatic carbocycles. The Morgan fingerprint density at radius 3 is 1.85 bits per heavy atom. The molecule has 0 amide bonds. The zero-order valence-electron chi connectivity index (χ0n) is 13.1. The van der Waals surface area contributed by atoms with Crippen molar-refractivity contribution < 1.29 is 9.53 Å². The zero-order valence-corrected chi connectivity index (χ0v) is 17.7. The van der Waals surface area contributed by atoms with Crippen LogP contribution in [0.25, 0.3) is 11.4 Å². The van der Waals surface area contributed by atoms with Gasteiger partial charge in [-0.3, -0.25) is 4.79 Å². The fourth-order valence-corrected chi connectivity index (χ4v) is 2.43. The lowest BCUT2D eigenvalue weighted by Gasteiger charge is -2.15. The number of nitrogens with zero attached hydrogens (tertiary/aromatic N) is 3. The maximum Gasteiger partial charge on any atom is 0.305 e. The number of carbonyl (C=O) groups is 1. The van der Waals surface area contributed by atoms with Crippen molar-refractivity contribution in [1.82, 2.24) is 15.0 Å². The van der Waals surface area contributed by atoms with Crippen LogP contribution < -0.4 is 0 Å². The molecule has 5 nitrogen and oxygen atoms in total. The lowest BCUT2D eigenvalue weighted by atomic mass is 10.1. The second-order valence-electron chi connectivity index (χ2n) is 5.07. The van der Waals surface area contributed by atoms with Crippen LogP contribution in [0.2, 0.25) is 0 Å². The third kappa shape index (κ3) is 5.98. The predicted octanol–water partition coefficient (Wildman–Crippen LogP) is 5.30. The van der Waals surface area contributed by atoms with E-state index in [1.165, 1.54) is 7.11 Å². The monoisotopic (exact) mass is 475 g/mol. The number of alkyl halides is 6. The maximum atomic E-state index is 11.2. The summed E-state index contributed by atoms with van der Waals surface area (Å²) in [6.45, 7) is 0. The molecular formula is C15H11Cl6N3O2. The molecule has 140 valence electrons. The van der Waals surface area contributed by atoms with Gasteiger partial charge in [0.2, 0.25) is 7.59 Å². The molecule has 1 heterocycles. The molecule has 1 aromatic heterocycles. The van der Waals surface area contributed by atoms with Crippen LogP contribution in [0.4, 0.5) is 0 Å². The first-order valence-electron chi connectivity index (χ1n) is 7.07. The van der Waals surface area contributed by atoms with Crippen LogP contribution in [0.5, 0.6) is 0 Å². The summed E-state index contributed by atoms with van der Waals surface area (Å²) in [5.41, 5.74) is 1.52. The van der Waals surface area contributed by atoms with Gasteiger partial charge in [-0.05, 0) is 12.0 Å². The average Bonchev–Trinajstić information content (AvgIpc) is 2.58. The first-order valence-corrected chi connectivity index (χ1v) is 9.34. The SMILES string of the molecule is COC(=O)CCc1ccc(-c2nc(C(Cl)(Cl)Cl)nc(C(Cl)(Cl)Cl)n2)cc1. The number of benzene rings is 1. The number of ether oxygens (including phenoxy) is 1. The molecule has 0 saturated heterocycles. The third-order valence-corrected chi connectivity index (χ3v) is 4.21. The lowest BCUT2D eigenvalue weighted by Crippen LogP contribution is -2.16. The first-order chi connectivity index (χ1) is 12.0. The standard InChI is InChI=1S/C15H11Cl6N3O2/c1-26-10(25)7-4-8-2-5-9(6-3-8)11-22-12(14(16,17)18)24-13(23-11)15(19,20)21/h2-3,5-6H,4,7H2,1H3.